The zero-order chi connectivity index (χ0) is 14.8. The summed E-state index contributed by atoms with van der Waals surface area (Å²) in [6.45, 7) is 5.70. The Morgan fingerprint density at radius 2 is 2.10 bits per heavy atom. The Kier molecular flexibility index (Phi) is 4.57. The summed E-state index contributed by atoms with van der Waals surface area (Å²) >= 11 is 0. The number of rotatable bonds is 9. The van der Waals surface area contributed by atoms with E-state index in [1.807, 2.05) is 13.0 Å². The number of hydrogen-bond donors (Lipinski definition) is 1. The van der Waals surface area contributed by atoms with Gasteiger partial charge in [0, 0.05) is 5.92 Å². The van der Waals surface area contributed by atoms with Crippen molar-refractivity contribution in [2.45, 2.75) is 63.0 Å². The first-order valence-electron chi connectivity index (χ1n) is 7.63. The van der Waals surface area contributed by atoms with E-state index in [1.165, 1.54) is 0 Å². The molecule has 0 unspecified atom stereocenters. The Hall–Kier alpha value is -0.840. The van der Waals surface area contributed by atoms with Gasteiger partial charge in [0.25, 0.3) is 0 Å². The minimum Gasteiger partial charge on any atom is -0.274 e. The highest BCUT2D eigenvalue weighted by Crippen LogP contribution is 2.48. The van der Waals surface area contributed by atoms with Crippen molar-refractivity contribution in [3.63, 3.8) is 0 Å². The monoisotopic (exact) mass is 299 g/mol. The first-order valence-corrected chi connectivity index (χ1v) is 9.11. The maximum absolute atomic E-state index is 12.4. The average Bonchev–Trinajstić information content (AvgIpc) is 3.27. The minimum atomic E-state index is -3.50. The van der Waals surface area contributed by atoms with Crippen LogP contribution >= 0.6 is 0 Å². The van der Waals surface area contributed by atoms with Crippen LogP contribution in [0.15, 0.2) is 12.7 Å². The molecular weight excluding hydrogens is 274 g/mol. The van der Waals surface area contributed by atoms with Gasteiger partial charge in [0.15, 0.2) is 0 Å². The molecule has 5 heteroatoms. The van der Waals surface area contributed by atoms with Crippen molar-refractivity contribution in [2.24, 2.45) is 11.8 Å². The van der Waals surface area contributed by atoms with Gasteiger partial charge in [0.1, 0.15) is 0 Å². The molecule has 0 spiro atoms. The molecule has 1 amide bonds. The van der Waals surface area contributed by atoms with Crippen LogP contribution in [0, 0.1) is 11.8 Å². The Morgan fingerprint density at radius 3 is 2.60 bits per heavy atom. The largest absolute Gasteiger partial charge is 0.274 e. The molecule has 2 aliphatic rings. The normalized spacial score (nSPS) is 26.9. The lowest BCUT2D eigenvalue weighted by atomic mass is 10.1. The summed E-state index contributed by atoms with van der Waals surface area (Å²) < 4.78 is 26.4. The van der Waals surface area contributed by atoms with Crippen LogP contribution in [0.3, 0.4) is 0 Å². The summed E-state index contributed by atoms with van der Waals surface area (Å²) in [5.74, 6) is 0.0218. The molecule has 1 N–H and O–H groups in total. The van der Waals surface area contributed by atoms with E-state index in [1.54, 1.807) is 0 Å². The summed E-state index contributed by atoms with van der Waals surface area (Å²) in [4.78, 5) is 11.9. The maximum atomic E-state index is 12.4. The number of allylic oxidation sites excluding steroid dienone is 1. The molecule has 0 aliphatic heterocycles. The van der Waals surface area contributed by atoms with Gasteiger partial charge in [-0.3, -0.25) is 9.52 Å². The van der Waals surface area contributed by atoms with E-state index in [0.29, 0.717) is 25.2 Å². The molecule has 0 aromatic rings. The molecule has 0 radical (unpaired) electrons. The molecule has 0 saturated heterocycles. The van der Waals surface area contributed by atoms with Gasteiger partial charge < -0.3 is 0 Å². The molecule has 114 valence electrons. The van der Waals surface area contributed by atoms with Crippen LogP contribution < -0.4 is 4.72 Å². The molecule has 0 heterocycles. The second-order valence-corrected chi connectivity index (χ2v) is 8.27. The minimum absolute atomic E-state index is 0.0775. The standard InChI is InChI=1S/C15H25NO3S/c1-3-5-6-7-8-15(9-10-15)20(18,19)16-14(17)13-11-12(13)4-2/h3,12-13H,1,4-11H2,2H3,(H,16,17)/t12-,13+/m1/s1. The van der Waals surface area contributed by atoms with Crippen LogP contribution in [0.4, 0.5) is 0 Å². The molecule has 2 saturated carbocycles. The molecule has 0 bridgehead atoms. The third-order valence-electron chi connectivity index (χ3n) is 4.69. The summed E-state index contributed by atoms with van der Waals surface area (Å²) in [6.07, 6.45) is 8.44. The van der Waals surface area contributed by atoms with Gasteiger partial charge in [-0.05, 0) is 44.4 Å². The van der Waals surface area contributed by atoms with E-state index in [4.69, 9.17) is 0 Å². The van der Waals surface area contributed by atoms with Crippen LogP contribution in [-0.4, -0.2) is 19.1 Å². The smallest absolute Gasteiger partial charge is 0.240 e. The summed E-state index contributed by atoms with van der Waals surface area (Å²) in [7, 11) is -3.50. The molecule has 2 rings (SSSR count). The summed E-state index contributed by atoms with van der Waals surface area (Å²) in [5.41, 5.74) is 0. The van der Waals surface area contributed by atoms with Crippen LogP contribution in [0.5, 0.6) is 0 Å². The highest BCUT2D eigenvalue weighted by molar-refractivity contribution is 7.91. The molecule has 2 atom stereocenters. The molecule has 0 aromatic carbocycles. The summed E-state index contributed by atoms with van der Waals surface area (Å²) in [5, 5.41) is 0. The van der Waals surface area contributed by atoms with Gasteiger partial charge >= 0.3 is 0 Å². The number of nitrogens with one attached hydrogen (secondary N) is 1. The zero-order valence-corrected chi connectivity index (χ0v) is 13.0. The van der Waals surface area contributed by atoms with E-state index in [-0.39, 0.29) is 11.8 Å². The predicted molar refractivity (Wildman–Crippen MR) is 79.6 cm³/mol. The van der Waals surface area contributed by atoms with E-state index in [9.17, 15) is 13.2 Å². The first-order chi connectivity index (χ1) is 9.46. The number of sulfonamides is 1. The fourth-order valence-corrected chi connectivity index (χ4v) is 4.55. The zero-order valence-electron chi connectivity index (χ0n) is 12.2. The number of amides is 1. The molecule has 20 heavy (non-hydrogen) atoms. The van der Waals surface area contributed by atoms with Crippen molar-refractivity contribution in [3.8, 4) is 0 Å². The highest BCUT2D eigenvalue weighted by Gasteiger charge is 2.55. The van der Waals surface area contributed by atoms with E-state index in [0.717, 1.165) is 32.1 Å². The van der Waals surface area contributed by atoms with Gasteiger partial charge in [-0.1, -0.05) is 25.8 Å². The lowest BCUT2D eigenvalue weighted by Gasteiger charge is -2.16. The lowest BCUT2D eigenvalue weighted by molar-refractivity contribution is -0.120. The molecule has 2 aliphatic carbocycles. The SMILES string of the molecule is C=CCCCCC1(S(=O)(=O)NC(=O)[C@H]2C[C@H]2CC)CC1. The Bertz CT molecular complexity index is 479. The highest BCUT2D eigenvalue weighted by atomic mass is 32.2. The van der Waals surface area contributed by atoms with Crippen LogP contribution in [0.1, 0.15) is 58.3 Å². The fourth-order valence-electron chi connectivity index (χ4n) is 2.86. The van der Waals surface area contributed by atoms with Crippen molar-refractivity contribution in [2.75, 3.05) is 0 Å². The quantitative estimate of drug-likeness (QED) is 0.526. The van der Waals surface area contributed by atoms with Crippen molar-refractivity contribution in [1.82, 2.24) is 4.72 Å². The molecular formula is C15H25NO3S. The van der Waals surface area contributed by atoms with Crippen molar-refractivity contribution in [1.29, 1.82) is 0 Å². The van der Waals surface area contributed by atoms with E-state index < -0.39 is 14.8 Å². The Morgan fingerprint density at radius 1 is 1.40 bits per heavy atom. The Balaban J connectivity index is 1.86. The van der Waals surface area contributed by atoms with Gasteiger partial charge in [0.2, 0.25) is 15.9 Å². The van der Waals surface area contributed by atoms with Crippen molar-refractivity contribution in [3.05, 3.63) is 12.7 Å². The second-order valence-electron chi connectivity index (χ2n) is 6.20. The van der Waals surface area contributed by atoms with Gasteiger partial charge in [0.05, 0.1) is 4.75 Å². The van der Waals surface area contributed by atoms with Crippen molar-refractivity contribution < 1.29 is 13.2 Å². The lowest BCUT2D eigenvalue weighted by Crippen LogP contribution is -2.40. The third kappa shape index (κ3) is 3.25. The van der Waals surface area contributed by atoms with Gasteiger partial charge in [-0.25, -0.2) is 8.42 Å². The number of unbranched alkanes of at least 4 members (excludes halogenated alkanes) is 2. The topological polar surface area (TPSA) is 63.2 Å². The predicted octanol–water partition coefficient (Wildman–Crippen LogP) is 2.76. The van der Waals surface area contributed by atoms with E-state index >= 15 is 0 Å². The number of carbonyl (C=O) groups is 1. The summed E-state index contributed by atoms with van der Waals surface area (Å²) in [6, 6.07) is 0. The van der Waals surface area contributed by atoms with Crippen LogP contribution in [0.2, 0.25) is 0 Å². The van der Waals surface area contributed by atoms with Crippen LogP contribution in [-0.2, 0) is 14.8 Å². The van der Waals surface area contributed by atoms with Gasteiger partial charge in [-0.15, -0.1) is 6.58 Å². The Labute approximate surface area is 122 Å². The number of carbonyl (C=O) groups excluding carboxylic acids is 1. The molecule has 4 nitrogen and oxygen atoms in total. The number of hydrogen-bond acceptors (Lipinski definition) is 3. The molecule has 2 fully saturated rings. The third-order valence-corrected chi connectivity index (χ3v) is 6.91. The van der Waals surface area contributed by atoms with E-state index in [2.05, 4.69) is 11.3 Å². The fraction of sp³-hybridized carbons (Fsp3) is 0.800. The van der Waals surface area contributed by atoms with Gasteiger partial charge in [-0.2, -0.15) is 0 Å². The second kappa shape index (κ2) is 5.88. The molecule has 0 aromatic heterocycles. The first kappa shape index (κ1) is 15.5. The maximum Gasteiger partial charge on any atom is 0.240 e. The van der Waals surface area contributed by atoms with Crippen LogP contribution in [0.25, 0.3) is 0 Å². The van der Waals surface area contributed by atoms with Crippen molar-refractivity contribution >= 4 is 15.9 Å². The average molecular weight is 299 g/mol.